The molecule has 108 valence electrons. The summed E-state index contributed by atoms with van der Waals surface area (Å²) >= 11 is 6.18. The average Bonchev–Trinajstić information content (AvgIpc) is 2.41. The van der Waals surface area contributed by atoms with Crippen molar-refractivity contribution in [2.45, 2.75) is 0 Å². The summed E-state index contributed by atoms with van der Waals surface area (Å²) in [6.45, 7) is 0. The van der Waals surface area contributed by atoms with E-state index in [4.69, 9.17) is 5.11 Å². The Morgan fingerprint density at radius 2 is 1.86 bits per heavy atom. The lowest BCUT2D eigenvalue weighted by molar-refractivity contribution is 0.0696. The minimum absolute atomic E-state index is 0.0259. The van der Waals surface area contributed by atoms with Gasteiger partial charge in [-0.05, 0) is 46.3 Å². The molecule has 1 amide bonds. The van der Waals surface area contributed by atoms with Crippen LogP contribution in [0.2, 0.25) is 0 Å². The van der Waals surface area contributed by atoms with Crippen LogP contribution in [-0.2, 0) is 0 Å². The number of hydrogen-bond acceptors (Lipinski definition) is 2. The SMILES string of the molecule is O=C(O)c1cc(Br)cc(NC(=O)c2cccc(F)c2Br)c1. The number of halogens is 3. The van der Waals surface area contributed by atoms with E-state index < -0.39 is 17.7 Å². The molecule has 0 spiro atoms. The van der Waals surface area contributed by atoms with Crippen LogP contribution in [0.5, 0.6) is 0 Å². The van der Waals surface area contributed by atoms with Crippen LogP contribution < -0.4 is 5.32 Å². The Labute approximate surface area is 136 Å². The van der Waals surface area contributed by atoms with Crippen LogP contribution >= 0.6 is 31.9 Å². The second kappa shape index (κ2) is 6.36. The second-order valence-corrected chi connectivity index (χ2v) is 5.80. The van der Waals surface area contributed by atoms with Gasteiger partial charge in [0.05, 0.1) is 15.6 Å². The Balaban J connectivity index is 2.31. The molecule has 0 aliphatic heterocycles. The highest BCUT2D eigenvalue weighted by atomic mass is 79.9. The van der Waals surface area contributed by atoms with Gasteiger partial charge in [-0.1, -0.05) is 22.0 Å². The van der Waals surface area contributed by atoms with Crippen molar-refractivity contribution < 1.29 is 19.1 Å². The van der Waals surface area contributed by atoms with Gasteiger partial charge in [-0.15, -0.1) is 0 Å². The smallest absolute Gasteiger partial charge is 0.335 e. The summed E-state index contributed by atoms with van der Waals surface area (Å²) in [7, 11) is 0. The molecule has 0 unspecified atom stereocenters. The molecule has 7 heteroatoms. The number of benzene rings is 2. The number of carboxylic acids is 1. The van der Waals surface area contributed by atoms with Crippen LogP contribution in [0.3, 0.4) is 0 Å². The third-order valence-corrected chi connectivity index (χ3v) is 3.86. The lowest BCUT2D eigenvalue weighted by atomic mass is 10.1. The maximum absolute atomic E-state index is 13.4. The summed E-state index contributed by atoms with van der Waals surface area (Å²) in [6.07, 6.45) is 0. The Kier molecular flexibility index (Phi) is 4.74. The molecule has 0 aliphatic rings. The number of amides is 1. The fourth-order valence-corrected chi connectivity index (χ4v) is 2.60. The number of nitrogens with one attached hydrogen (secondary N) is 1. The zero-order valence-corrected chi connectivity index (χ0v) is 13.5. The van der Waals surface area contributed by atoms with E-state index in [1.807, 2.05) is 0 Å². The van der Waals surface area contributed by atoms with Crippen LogP contribution in [0, 0.1) is 5.82 Å². The summed E-state index contributed by atoms with van der Waals surface area (Å²) in [5.41, 5.74) is 0.438. The number of aromatic carboxylic acids is 1. The molecular weight excluding hydrogens is 409 g/mol. The predicted octanol–water partition coefficient (Wildman–Crippen LogP) is 4.30. The van der Waals surface area contributed by atoms with Gasteiger partial charge in [0.25, 0.3) is 5.91 Å². The van der Waals surface area contributed by atoms with Gasteiger partial charge in [0.15, 0.2) is 0 Å². The highest BCUT2D eigenvalue weighted by molar-refractivity contribution is 9.10. The summed E-state index contributed by atoms with van der Waals surface area (Å²) in [5, 5.41) is 11.5. The minimum atomic E-state index is -1.11. The Bertz CT molecular complexity index is 734. The van der Waals surface area contributed by atoms with Crippen molar-refractivity contribution in [1.29, 1.82) is 0 Å². The van der Waals surface area contributed by atoms with Crippen LogP contribution in [0.15, 0.2) is 45.3 Å². The van der Waals surface area contributed by atoms with Crippen molar-refractivity contribution in [3.8, 4) is 0 Å². The van der Waals surface area contributed by atoms with Crippen LogP contribution in [0.1, 0.15) is 20.7 Å². The fourth-order valence-electron chi connectivity index (χ4n) is 1.66. The number of rotatable bonds is 3. The summed E-state index contributed by atoms with van der Waals surface area (Å²) in [6, 6.07) is 8.38. The third kappa shape index (κ3) is 3.68. The molecule has 2 aromatic rings. The highest BCUT2D eigenvalue weighted by Gasteiger charge is 2.14. The number of carboxylic acid groups (broad SMARTS) is 1. The van der Waals surface area contributed by atoms with Gasteiger partial charge < -0.3 is 10.4 Å². The number of anilines is 1. The summed E-state index contributed by atoms with van der Waals surface area (Å²) in [5.74, 6) is -2.21. The predicted molar refractivity (Wildman–Crippen MR) is 83.2 cm³/mol. The van der Waals surface area contributed by atoms with Gasteiger partial charge >= 0.3 is 5.97 Å². The Morgan fingerprint density at radius 1 is 1.14 bits per heavy atom. The zero-order valence-electron chi connectivity index (χ0n) is 10.4. The van der Waals surface area contributed by atoms with Crippen LogP contribution in [0.25, 0.3) is 0 Å². The van der Waals surface area contributed by atoms with E-state index in [1.54, 1.807) is 6.07 Å². The van der Waals surface area contributed by atoms with E-state index in [2.05, 4.69) is 37.2 Å². The molecule has 0 radical (unpaired) electrons. The number of hydrogen-bond donors (Lipinski definition) is 2. The molecule has 0 atom stereocenters. The molecule has 0 heterocycles. The van der Waals surface area contributed by atoms with Gasteiger partial charge in [-0.25, -0.2) is 9.18 Å². The Hall–Kier alpha value is -1.73. The molecule has 2 aromatic carbocycles. The molecule has 2 N–H and O–H groups in total. The first kappa shape index (κ1) is 15.7. The molecule has 21 heavy (non-hydrogen) atoms. The summed E-state index contributed by atoms with van der Waals surface area (Å²) in [4.78, 5) is 23.1. The molecule has 0 aromatic heterocycles. The van der Waals surface area contributed by atoms with Gasteiger partial charge in [-0.3, -0.25) is 4.79 Å². The minimum Gasteiger partial charge on any atom is -0.478 e. The van der Waals surface area contributed by atoms with E-state index in [0.717, 1.165) is 0 Å². The van der Waals surface area contributed by atoms with Crippen molar-refractivity contribution in [2.24, 2.45) is 0 Å². The maximum atomic E-state index is 13.4. The van der Waals surface area contributed by atoms with Gasteiger partial charge in [0.2, 0.25) is 0 Å². The number of carbonyl (C=O) groups is 2. The van der Waals surface area contributed by atoms with Crippen molar-refractivity contribution >= 4 is 49.4 Å². The van der Waals surface area contributed by atoms with E-state index in [9.17, 15) is 14.0 Å². The topological polar surface area (TPSA) is 66.4 Å². The van der Waals surface area contributed by atoms with Crippen molar-refractivity contribution in [3.05, 3.63) is 62.3 Å². The van der Waals surface area contributed by atoms with Gasteiger partial charge in [-0.2, -0.15) is 0 Å². The highest BCUT2D eigenvalue weighted by Crippen LogP contribution is 2.24. The van der Waals surface area contributed by atoms with Gasteiger partial charge in [0.1, 0.15) is 5.82 Å². The third-order valence-electron chi connectivity index (χ3n) is 2.60. The fraction of sp³-hybridized carbons (Fsp3) is 0. The first-order valence-corrected chi connectivity index (χ1v) is 7.26. The Morgan fingerprint density at radius 3 is 2.52 bits per heavy atom. The molecule has 0 fully saturated rings. The molecule has 0 bridgehead atoms. The van der Waals surface area contributed by atoms with Crippen molar-refractivity contribution in [1.82, 2.24) is 0 Å². The van der Waals surface area contributed by atoms with E-state index >= 15 is 0 Å². The van der Waals surface area contributed by atoms with Crippen LogP contribution in [0.4, 0.5) is 10.1 Å². The largest absolute Gasteiger partial charge is 0.478 e. The van der Waals surface area contributed by atoms with Crippen molar-refractivity contribution in [2.75, 3.05) is 5.32 Å². The molecule has 2 rings (SSSR count). The van der Waals surface area contributed by atoms with E-state index in [1.165, 1.54) is 30.3 Å². The normalized spacial score (nSPS) is 10.2. The van der Waals surface area contributed by atoms with Gasteiger partial charge in [0, 0.05) is 10.2 Å². The maximum Gasteiger partial charge on any atom is 0.335 e. The second-order valence-electron chi connectivity index (χ2n) is 4.09. The first-order chi connectivity index (χ1) is 9.88. The monoisotopic (exact) mass is 415 g/mol. The molecule has 0 aliphatic carbocycles. The van der Waals surface area contributed by atoms with Crippen molar-refractivity contribution in [3.63, 3.8) is 0 Å². The van der Waals surface area contributed by atoms with E-state index in [-0.39, 0.29) is 15.6 Å². The lowest BCUT2D eigenvalue weighted by Crippen LogP contribution is -2.13. The standard InChI is InChI=1S/C14H8Br2FNO3/c15-8-4-7(14(20)21)5-9(6-8)18-13(19)10-2-1-3-11(17)12(10)16/h1-6H,(H,18,19)(H,20,21). The zero-order chi connectivity index (χ0) is 15.6. The molecule has 4 nitrogen and oxygen atoms in total. The molecule has 0 saturated heterocycles. The molecular formula is C14H8Br2FNO3. The average molecular weight is 417 g/mol. The van der Waals surface area contributed by atoms with Crippen LogP contribution in [-0.4, -0.2) is 17.0 Å². The quantitative estimate of drug-likeness (QED) is 0.783. The molecule has 0 saturated carbocycles. The van der Waals surface area contributed by atoms with E-state index in [0.29, 0.717) is 10.2 Å². The lowest BCUT2D eigenvalue weighted by Gasteiger charge is -2.09. The number of carbonyl (C=O) groups excluding carboxylic acids is 1. The summed E-state index contributed by atoms with van der Waals surface area (Å²) < 4.78 is 14.0. The first-order valence-electron chi connectivity index (χ1n) is 5.67.